The summed E-state index contributed by atoms with van der Waals surface area (Å²) in [4.78, 5) is 33.6. The molecule has 1 unspecified atom stereocenters. The Bertz CT molecular complexity index is 349. The molecule has 0 saturated heterocycles. The first kappa shape index (κ1) is 17.2. The van der Waals surface area contributed by atoms with Crippen molar-refractivity contribution in [2.45, 2.75) is 46.2 Å². The Hall–Kier alpha value is -1.79. The molecule has 0 fully saturated rings. The van der Waals surface area contributed by atoms with Crippen LogP contribution in [0.1, 0.15) is 34.1 Å². The summed E-state index contributed by atoms with van der Waals surface area (Å²) in [5.41, 5.74) is -0.154. The lowest BCUT2D eigenvalue weighted by atomic mass is 9.88. The SMILES string of the molecule is COC(=O)C[C@H](NC(=O)NC(C)C(C)(C)C)C(=O)O. The lowest BCUT2D eigenvalue weighted by Crippen LogP contribution is -2.51. The van der Waals surface area contributed by atoms with E-state index in [1.807, 2.05) is 27.7 Å². The van der Waals surface area contributed by atoms with Gasteiger partial charge in [-0.3, -0.25) is 4.79 Å². The van der Waals surface area contributed by atoms with E-state index in [-0.39, 0.29) is 11.5 Å². The van der Waals surface area contributed by atoms with Gasteiger partial charge < -0.3 is 20.5 Å². The third-order valence-electron chi connectivity index (χ3n) is 2.85. The Balaban J connectivity index is 4.49. The van der Waals surface area contributed by atoms with E-state index in [0.717, 1.165) is 7.11 Å². The van der Waals surface area contributed by atoms with E-state index in [2.05, 4.69) is 15.4 Å². The molecule has 7 nitrogen and oxygen atoms in total. The smallest absolute Gasteiger partial charge is 0.326 e. The van der Waals surface area contributed by atoms with E-state index in [1.54, 1.807) is 0 Å². The number of esters is 1. The molecule has 0 saturated carbocycles. The van der Waals surface area contributed by atoms with Crippen LogP contribution in [0, 0.1) is 5.41 Å². The lowest BCUT2D eigenvalue weighted by molar-refractivity contribution is -0.147. The molecule has 3 N–H and O–H groups in total. The molecule has 0 aromatic carbocycles. The van der Waals surface area contributed by atoms with Gasteiger partial charge in [0.2, 0.25) is 0 Å². The van der Waals surface area contributed by atoms with Crippen LogP contribution in [-0.2, 0) is 14.3 Å². The van der Waals surface area contributed by atoms with Crippen molar-refractivity contribution >= 4 is 18.0 Å². The van der Waals surface area contributed by atoms with Crippen LogP contribution in [0.5, 0.6) is 0 Å². The van der Waals surface area contributed by atoms with Crippen molar-refractivity contribution in [3.05, 3.63) is 0 Å². The molecule has 0 spiro atoms. The fourth-order valence-electron chi connectivity index (χ4n) is 1.06. The van der Waals surface area contributed by atoms with Crippen LogP contribution in [0.3, 0.4) is 0 Å². The molecule has 2 amide bonds. The Labute approximate surface area is 112 Å². The van der Waals surface area contributed by atoms with Gasteiger partial charge in [-0.25, -0.2) is 9.59 Å². The zero-order chi connectivity index (χ0) is 15.2. The van der Waals surface area contributed by atoms with Gasteiger partial charge in [0.1, 0.15) is 6.04 Å². The summed E-state index contributed by atoms with van der Waals surface area (Å²) >= 11 is 0. The highest BCUT2D eigenvalue weighted by atomic mass is 16.5. The molecule has 0 aliphatic heterocycles. The third kappa shape index (κ3) is 6.64. The van der Waals surface area contributed by atoms with Crippen LogP contribution in [0.4, 0.5) is 4.79 Å². The second-order valence-corrected chi connectivity index (χ2v) is 5.38. The molecule has 0 aliphatic carbocycles. The van der Waals surface area contributed by atoms with Gasteiger partial charge in [-0.1, -0.05) is 20.8 Å². The van der Waals surface area contributed by atoms with E-state index < -0.39 is 30.4 Å². The van der Waals surface area contributed by atoms with Gasteiger partial charge in [0, 0.05) is 6.04 Å². The Morgan fingerprint density at radius 3 is 2.11 bits per heavy atom. The summed E-state index contributed by atoms with van der Waals surface area (Å²) in [7, 11) is 1.16. The summed E-state index contributed by atoms with van der Waals surface area (Å²) in [5, 5.41) is 13.8. The number of carbonyl (C=O) groups is 3. The normalized spacial score (nSPS) is 14.2. The number of ether oxygens (including phenoxy) is 1. The molecule has 110 valence electrons. The number of urea groups is 1. The second-order valence-electron chi connectivity index (χ2n) is 5.38. The minimum Gasteiger partial charge on any atom is -0.480 e. The van der Waals surface area contributed by atoms with E-state index in [9.17, 15) is 14.4 Å². The molecule has 0 bridgehead atoms. The standard InChI is InChI=1S/C12H22N2O5/c1-7(12(2,3)4)13-11(18)14-8(10(16)17)6-9(15)19-5/h7-8H,6H2,1-5H3,(H,16,17)(H2,13,14,18)/t7?,8-/m0/s1. The summed E-state index contributed by atoms with van der Waals surface area (Å²) in [6.07, 6.45) is -0.414. The number of rotatable bonds is 5. The number of hydrogen-bond donors (Lipinski definition) is 3. The molecule has 7 heteroatoms. The van der Waals surface area contributed by atoms with E-state index >= 15 is 0 Å². The fraction of sp³-hybridized carbons (Fsp3) is 0.750. The Morgan fingerprint density at radius 1 is 1.21 bits per heavy atom. The van der Waals surface area contributed by atoms with Crippen LogP contribution in [-0.4, -0.2) is 42.3 Å². The molecular weight excluding hydrogens is 252 g/mol. The van der Waals surface area contributed by atoms with Gasteiger partial charge >= 0.3 is 18.0 Å². The van der Waals surface area contributed by atoms with Crippen LogP contribution in [0.15, 0.2) is 0 Å². The topological polar surface area (TPSA) is 105 Å². The minimum atomic E-state index is -1.31. The first-order valence-electron chi connectivity index (χ1n) is 5.94. The predicted molar refractivity (Wildman–Crippen MR) is 68.6 cm³/mol. The monoisotopic (exact) mass is 274 g/mol. The highest BCUT2D eigenvalue weighted by molar-refractivity contribution is 5.86. The highest BCUT2D eigenvalue weighted by Gasteiger charge is 2.26. The first-order chi connectivity index (χ1) is 8.57. The van der Waals surface area contributed by atoms with Crippen LogP contribution in [0.2, 0.25) is 0 Å². The number of methoxy groups -OCH3 is 1. The third-order valence-corrected chi connectivity index (χ3v) is 2.85. The highest BCUT2D eigenvalue weighted by Crippen LogP contribution is 2.18. The van der Waals surface area contributed by atoms with Crippen molar-refractivity contribution in [1.29, 1.82) is 0 Å². The number of nitrogens with one attached hydrogen (secondary N) is 2. The summed E-state index contributed by atoms with van der Waals surface area (Å²) < 4.78 is 4.37. The maximum absolute atomic E-state index is 11.6. The molecule has 0 aliphatic rings. The second kappa shape index (κ2) is 6.96. The first-order valence-corrected chi connectivity index (χ1v) is 5.94. The van der Waals surface area contributed by atoms with Gasteiger partial charge in [0.15, 0.2) is 0 Å². The molecule has 0 radical (unpaired) electrons. The number of amides is 2. The summed E-state index contributed by atoms with van der Waals surface area (Å²) in [6.45, 7) is 7.65. The average molecular weight is 274 g/mol. The largest absolute Gasteiger partial charge is 0.480 e. The maximum Gasteiger partial charge on any atom is 0.326 e. The molecule has 2 atom stereocenters. The Kier molecular flexibility index (Phi) is 6.31. The summed E-state index contributed by atoms with van der Waals surface area (Å²) in [6, 6.07) is -2.08. The van der Waals surface area contributed by atoms with Gasteiger partial charge in [0.05, 0.1) is 13.5 Å². The van der Waals surface area contributed by atoms with Gasteiger partial charge in [-0.2, -0.15) is 0 Å². The lowest BCUT2D eigenvalue weighted by Gasteiger charge is -2.28. The van der Waals surface area contributed by atoms with Crippen molar-refractivity contribution in [3.63, 3.8) is 0 Å². The van der Waals surface area contributed by atoms with Gasteiger partial charge in [-0.05, 0) is 12.3 Å². The van der Waals surface area contributed by atoms with Crippen molar-refractivity contribution in [1.82, 2.24) is 10.6 Å². The average Bonchev–Trinajstić information content (AvgIpc) is 2.26. The predicted octanol–water partition coefficient (Wildman–Crippen LogP) is 0.737. The zero-order valence-electron chi connectivity index (χ0n) is 11.9. The van der Waals surface area contributed by atoms with Crippen molar-refractivity contribution in [2.75, 3.05) is 7.11 Å². The van der Waals surface area contributed by atoms with E-state index in [0.29, 0.717) is 0 Å². The van der Waals surface area contributed by atoms with Gasteiger partial charge in [0.25, 0.3) is 0 Å². The number of carboxylic acid groups (broad SMARTS) is 1. The molecular formula is C12H22N2O5. The molecule has 0 rings (SSSR count). The van der Waals surface area contributed by atoms with Crippen molar-refractivity contribution in [3.8, 4) is 0 Å². The van der Waals surface area contributed by atoms with Crippen molar-refractivity contribution < 1.29 is 24.2 Å². The van der Waals surface area contributed by atoms with Crippen LogP contribution < -0.4 is 10.6 Å². The molecule has 0 heterocycles. The summed E-state index contributed by atoms with van der Waals surface area (Å²) in [5.74, 6) is -1.99. The van der Waals surface area contributed by atoms with Crippen LogP contribution in [0.25, 0.3) is 0 Å². The molecule has 0 aromatic heterocycles. The molecule has 19 heavy (non-hydrogen) atoms. The van der Waals surface area contributed by atoms with E-state index in [4.69, 9.17) is 5.11 Å². The fourth-order valence-corrected chi connectivity index (χ4v) is 1.06. The van der Waals surface area contributed by atoms with Crippen molar-refractivity contribution in [2.24, 2.45) is 5.41 Å². The zero-order valence-corrected chi connectivity index (χ0v) is 11.9. The minimum absolute atomic E-state index is 0.153. The number of carboxylic acids is 1. The van der Waals surface area contributed by atoms with E-state index in [1.165, 1.54) is 0 Å². The molecule has 0 aromatic rings. The Morgan fingerprint density at radius 2 is 1.74 bits per heavy atom. The van der Waals surface area contributed by atoms with Gasteiger partial charge in [-0.15, -0.1) is 0 Å². The quantitative estimate of drug-likeness (QED) is 0.641. The number of carbonyl (C=O) groups excluding carboxylic acids is 2. The number of aliphatic carboxylic acids is 1. The maximum atomic E-state index is 11.6. The van der Waals surface area contributed by atoms with Crippen LogP contribution >= 0.6 is 0 Å². The number of hydrogen-bond acceptors (Lipinski definition) is 4.